The molecule has 6 heteroatoms. The molecule has 2 heterocycles. The summed E-state index contributed by atoms with van der Waals surface area (Å²) in [6, 6.07) is 1.86. The highest BCUT2D eigenvalue weighted by molar-refractivity contribution is 8.00. The molecule has 2 aromatic heterocycles. The van der Waals surface area contributed by atoms with Crippen molar-refractivity contribution in [2.45, 2.75) is 11.1 Å². The Morgan fingerprint density at radius 1 is 1.53 bits per heavy atom. The van der Waals surface area contributed by atoms with E-state index < -0.39 is 0 Å². The van der Waals surface area contributed by atoms with Crippen LogP contribution in [0.3, 0.4) is 0 Å². The van der Waals surface area contributed by atoms with Gasteiger partial charge in [-0.25, -0.2) is 9.78 Å². The van der Waals surface area contributed by atoms with Crippen LogP contribution in [0.1, 0.15) is 15.4 Å². The Bertz CT molecular complexity index is 545. The zero-order chi connectivity index (χ0) is 12.4. The quantitative estimate of drug-likeness (QED) is 0.637. The van der Waals surface area contributed by atoms with Crippen LogP contribution < -0.4 is 0 Å². The van der Waals surface area contributed by atoms with Gasteiger partial charge in [-0.2, -0.15) is 0 Å². The number of methoxy groups -OCH3 is 1. The van der Waals surface area contributed by atoms with Crippen molar-refractivity contribution in [1.29, 1.82) is 0 Å². The molecule has 0 aliphatic heterocycles. The van der Waals surface area contributed by atoms with Crippen molar-refractivity contribution in [1.82, 2.24) is 4.98 Å². The molecule has 17 heavy (non-hydrogen) atoms. The van der Waals surface area contributed by atoms with Crippen LogP contribution >= 0.6 is 34.4 Å². The zero-order valence-electron chi connectivity index (χ0n) is 9.64. The minimum absolute atomic E-state index is 0.287. The van der Waals surface area contributed by atoms with Gasteiger partial charge in [0.05, 0.1) is 11.3 Å². The summed E-state index contributed by atoms with van der Waals surface area (Å²) in [5.74, 6) is -0.287. The van der Waals surface area contributed by atoms with Crippen LogP contribution in [-0.2, 0) is 4.74 Å². The third kappa shape index (κ3) is 2.53. The number of thiophene rings is 1. The first-order chi connectivity index (χ1) is 8.15. The molecule has 0 unspecified atom stereocenters. The maximum Gasteiger partial charge on any atom is 0.348 e. The average Bonchev–Trinajstić information content (AvgIpc) is 2.93. The molecule has 0 aromatic carbocycles. The first-order valence-corrected chi connectivity index (χ1v) is 7.76. The van der Waals surface area contributed by atoms with E-state index in [4.69, 9.17) is 4.74 Å². The highest BCUT2D eigenvalue weighted by Crippen LogP contribution is 2.39. The van der Waals surface area contributed by atoms with Crippen LogP contribution in [0.4, 0.5) is 0 Å². The first kappa shape index (κ1) is 12.6. The monoisotopic (exact) mass is 285 g/mol. The Kier molecular flexibility index (Phi) is 3.86. The fourth-order valence-electron chi connectivity index (χ4n) is 1.35. The standard InChI is InChI=1S/C11H11NO2S3/c1-6-5-16-9(12-6)7-4-8(10(13)14-2)17-11(7)15-3/h4-5H,1-3H3. The van der Waals surface area contributed by atoms with Crippen LogP contribution in [0.2, 0.25) is 0 Å². The SMILES string of the molecule is COC(=O)c1cc(-c2nc(C)cs2)c(SC)s1. The van der Waals surface area contributed by atoms with Crippen molar-refractivity contribution in [3.8, 4) is 10.6 Å². The molecule has 0 atom stereocenters. The third-order valence-electron chi connectivity index (χ3n) is 2.12. The van der Waals surface area contributed by atoms with Gasteiger partial charge in [-0.05, 0) is 19.2 Å². The molecule has 0 saturated heterocycles. The minimum atomic E-state index is -0.287. The van der Waals surface area contributed by atoms with Crippen LogP contribution in [0, 0.1) is 6.92 Å². The highest BCUT2D eigenvalue weighted by atomic mass is 32.2. The van der Waals surface area contributed by atoms with Gasteiger partial charge < -0.3 is 4.74 Å². The Labute approximate surface area is 112 Å². The second kappa shape index (κ2) is 5.20. The highest BCUT2D eigenvalue weighted by Gasteiger charge is 2.17. The van der Waals surface area contributed by atoms with E-state index in [-0.39, 0.29) is 5.97 Å². The molecule has 3 nitrogen and oxygen atoms in total. The van der Waals surface area contributed by atoms with Crippen molar-refractivity contribution < 1.29 is 9.53 Å². The van der Waals surface area contributed by atoms with Crippen molar-refractivity contribution in [3.05, 3.63) is 22.0 Å². The number of aryl methyl sites for hydroxylation is 1. The number of carbonyl (C=O) groups excluding carboxylic acids is 1. The Hall–Kier alpha value is -0.850. The molecule has 0 spiro atoms. The largest absolute Gasteiger partial charge is 0.465 e. The number of thiazole rings is 1. The fraction of sp³-hybridized carbons (Fsp3) is 0.273. The lowest BCUT2D eigenvalue weighted by Crippen LogP contribution is -1.96. The summed E-state index contributed by atoms with van der Waals surface area (Å²) in [5.41, 5.74) is 2.03. The molecule has 0 bridgehead atoms. The molecule has 0 saturated carbocycles. The number of thioether (sulfide) groups is 1. The molecule has 0 N–H and O–H groups in total. The lowest BCUT2D eigenvalue weighted by molar-refractivity contribution is 0.0606. The zero-order valence-corrected chi connectivity index (χ0v) is 12.1. The first-order valence-electron chi connectivity index (χ1n) is 4.84. The number of rotatable bonds is 3. The van der Waals surface area contributed by atoms with Gasteiger partial charge in [0.1, 0.15) is 9.88 Å². The van der Waals surface area contributed by atoms with E-state index >= 15 is 0 Å². The van der Waals surface area contributed by atoms with E-state index in [2.05, 4.69) is 4.98 Å². The van der Waals surface area contributed by atoms with Gasteiger partial charge >= 0.3 is 5.97 Å². The summed E-state index contributed by atoms with van der Waals surface area (Å²) in [6.07, 6.45) is 2.00. The molecule has 0 amide bonds. The number of hydrogen-bond donors (Lipinski definition) is 0. The molecular formula is C11H11NO2S3. The normalized spacial score (nSPS) is 10.5. The third-order valence-corrected chi connectivity index (χ3v) is 5.36. The summed E-state index contributed by atoms with van der Waals surface area (Å²) in [7, 11) is 1.40. The van der Waals surface area contributed by atoms with Gasteiger partial charge in [0.2, 0.25) is 0 Å². The van der Waals surface area contributed by atoms with E-state index in [9.17, 15) is 4.79 Å². The Morgan fingerprint density at radius 3 is 2.82 bits per heavy atom. The summed E-state index contributed by atoms with van der Waals surface area (Å²) < 4.78 is 5.83. The Balaban J connectivity index is 2.46. The van der Waals surface area contributed by atoms with E-state index in [1.165, 1.54) is 18.4 Å². The van der Waals surface area contributed by atoms with Crippen molar-refractivity contribution in [2.24, 2.45) is 0 Å². The molecule has 0 aliphatic rings. The number of esters is 1. The molecular weight excluding hydrogens is 274 g/mol. The van der Waals surface area contributed by atoms with Gasteiger partial charge in [0.25, 0.3) is 0 Å². The Morgan fingerprint density at radius 2 is 2.29 bits per heavy atom. The van der Waals surface area contributed by atoms with Crippen LogP contribution in [0.25, 0.3) is 10.6 Å². The van der Waals surface area contributed by atoms with Gasteiger partial charge in [-0.15, -0.1) is 34.4 Å². The number of aromatic nitrogens is 1. The van der Waals surface area contributed by atoms with Crippen molar-refractivity contribution in [3.63, 3.8) is 0 Å². The predicted octanol–water partition coefficient (Wildman–Crippen LogP) is 3.69. The van der Waals surface area contributed by atoms with E-state index in [1.807, 2.05) is 24.6 Å². The topological polar surface area (TPSA) is 39.2 Å². The lowest BCUT2D eigenvalue weighted by Gasteiger charge is -1.94. The van der Waals surface area contributed by atoms with Gasteiger partial charge in [-0.1, -0.05) is 0 Å². The van der Waals surface area contributed by atoms with Crippen LogP contribution in [-0.4, -0.2) is 24.3 Å². The summed E-state index contributed by atoms with van der Waals surface area (Å²) in [5, 5.41) is 2.97. The number of hydrogen-bond acceptors (Lipinski definition) is 6. The van der Waals surface area contributed by atoms with Crippen molar-refractivity contribution >= 4 is 40.4 Å². The number of nitrogens with zero attached hydrogens (tertiary/aromatic N) is 1. The van der Waals surface area contributed by atoms with Gasteiger partial charge in [0, 0.05) is 16.6 Å². The van der Waals surface area contributed by atoms with Crippen LogP contribution in [0.5, 0.6) is 0 Å². The maximum absolute atomic E-state index is 11.5. The second-order valence-electron chi connectivity index (χ2n) is 3.30. The fourth-order valence-corrected chi connectivity index (χ4v) is 4.09. The van der Waals surface area contributed by atoms with E-state index in [0.717, 1.165) is 20.5 Å². The van der Waals surface area contributed by atoms with Crippen LogP contribution in [0.15, 0.2) is 15.7 Å². The average molecular weight is 285 g/mol. The molecule has 0 fully saturated rings. The molecule has 90 valence electrons. The second-order valence-corrected chi connectivity index (χ2v) is 6.29. The number of carbonyl (C=O) groups is 1. The molecule has 0 aliphatic carbocycles. The predicted molar refractivity (Wildman–Crippen MR) is 73.3 cm³/mol. The minimum Gasteiger partial charge on any atom is -0.465 e. The summed E-state index contributed by atoms with van der Waals surface area (Å²) in [6.45, 7) is 1.96. The molecule has 2 rings (SSSR count). The van der Waals surface area contributed by atoms with Gasteiger partial charge in [-0.3, -0.25) is 0 Å². The molecule has 2 aromatic rings. The van der Waals surface area contributed by atoms with E-state index in [0.29, 0.717) is 4.88 Å². The van der Waals surface area contributed by atoms with Crippen molar-refractivity contribution in [2.75, 3.05) is 13.4 Å². The van der Waals surface area contributed by atoms with E-state index in [1.54, 1.807) is 23.1 Å². The lowest BCUT2D eigenvalue weighted by atomic mass is 10.3. The molecule has 0 radical (unpaired) electrons. The summed E-state index contributed by atoms with van der Waals surface area (Å²) >= 11 is 4.67. The smallest absolute Gasteiger partial charge is 0.348 e. The maximum atomic E-state index is 11.5. The summed E-state index contributed by atoms with van der Waals surface area (Å²) in [4.78, 5) is 16.6. The van der Waals surface area contributed by atoms with Gasteiger partial charge in [0.15, 0.2) is 0 Å². The number of ether oxygens (including phenoxy) is 1.